The van der Waals surface area contributed by atoms with Crippen LogP contribution in [-0.2, 0) is 14.3 Å². The van der Waals surface area contributed by atoms with Gasteiger partial charge in [-0.05, 0) is 44.9 Å². The molecule has 0 aliphatic rings. The molecule has 6 nitrogen and oxygen atoms in total. The zero-order chi connectivity index (χ0) is 41.0. The number of aliphatic hydroxyl groups is 2. The van der Waals surface area contributed by atoms with Gasteiger partial charge in [0.1, 0.15) is 6.10 Å². The predicted molar refractivity (Wildman–Crippen MR) is 241 cm³/mol. The first-order valence-corrected chi connectivity index (χ1v) is 23.9. The summed E-state index contributed by atoms with van der Waals surface area (Å²) in [5, 5.41) is 23.6. The lowest BCUT2D eigenvalue weighted by Gasteiger charge is -2.24. The Bertz CT molecular complexity index is 972. The summed E-state index contributed by atoms with van der Waals surface area (Å²) in [6, 6.07) is -0.727. The summed E-state index contributed by atoms with van der Waals surface area (Å²) < 4.78 is 5.85. The molecular weight excluding hydrogens is 695 g/mol. The predicted octanol–water partition coefficient (Wildman–Crippen LogP) is 13.9. The fourth-order valence-corrected chi connectivity index (χ4v) is 7.00. The Morgan fingerprint density at radius 2 is 0.946 bits per heavy atom. The minimum absolute atomic E-state index is 0.00366. The Hall–Kier alpha value is -2.18. The van der Waals surface area contributed by atoms with Crippen LogP contribution >= 0.6 is 0 Å². The molecule has 0 aliphatic carbocycles. The van der Waals surface area contributed by atoms with Gasteiger partial charge in [-0.25, -0.2) is 0 Å². The molecule has 0 saturated heterocycles. The third kappa shape index (κ3) is 38.7. The van der Waals surface area contributed by atoms with Gasteiger partial charge >= 0.3 is 5.97 Å². The van der Waals surface area contributed by atoms with Crippen molar-refractivity contribution in [2.45, 2.75) is 251 Å². The van der Waals surface area contributed by atoms with Crippen molar-refractivity contribution in [1.82, 2.24) is 5.32 Å². The molecule has 6 heteroatoms. The maximum absolute atomic E-state index is 13.1. The van der Waals surface area contributed by atoms with E-state index in [0.29, 0.717) is 19.3 Å². The second kappa shape index (κ2) is 43.9. The van der Waals surface area contributed by atoms with E-state index in [1.165, 1.54) is 128 Å². The van der Waals surface area contributed by atoms with Gasteiger partial charge in [-0.3, -0.25) is 9.59 Å². The van der Waals surface area contributed by atoms with Crippen molar-refractivity contribution < 1.29 is 24.5 Å². The standard InChI is InChI=1S/C50H91NO5/c1-4-7-10-13-16-19-22-24-25-26-27-29-32-35-38-41-46(56-50(55)43-40-37-34-31-28-23-20-17-14-11-8-5-2)44-49(54)51-47(45-52)48(53)42-39-36-33-30-21-18-15-12-9-6-3/h16,19,24-25,27,29,35,38,46-48,52-53H,4-15,17-18,20-23,26,28,30-34,36-37,39-45H2,1-3H3,(H,51,54)/b19-16-,25-24-,29-27-,38-35-. The van der Waals surface area contributed by atoms with Gasteiger partial charge in [-0.1, -0.05) is 217 Å². The summed E-state index contributed by atoms with van der Waals surface area (Å²) >= 11 is 0. The maximum Gasteiger partial charge on any atom is 0.306 e. The van der Waals surface area contributed by atoms with Crippen LogP contribution in [0, 0.1) is 0 Å². The van der Waals surface area contributed by atoms with E-state index in [1.807, 2.05) is 6.08 Å². The molecule has 0 aromatic heterocycles. The molecule has 0 rings (SSSR count). The Kier molecular flexibility index (Phi) is 42.2. The van der Waals surface area contributed by atoms with E-state index in [4.69, 9.17) is 4.74 Å². The van der Waals surface area contributed by atoms with E-state index in [2.05, 4.69) is 68.6 Å². The largest absolute Gasteiger partial charge is 0.461 e. The van der Waals surface area contributed by atoms with E-state index in [9.17, 15) is 19.8 Å². The van der Waals surface area contributed by atoms with Crippen molar-refractivity contribution in [3.63, 3.8) is 0 Å². The first-order valence-electron chi connectivity index (χ1n) is 23.9. The topological polar surface area (TPSA) is 95.9 Å². The van der Waals surface area contributed by atoms with Crippen LogP contribution in [0.1, 0.15) is 233 Å². The molecule has 0 bridgehead atoms. The highest BCUT2D eigenvalue weighted by Crippen LogP contribution is 2.16. The van der Waals surface area contributed by atoms with Crippen molar-refractivity contribution in [2.24, 2.45) is 0 Å². The van der Waals surface area contributed by atoms with Gasteiger partial charge < -0.3 is 20.3 Å². The second-order valence-corrected chi connectivity index (χ2v) is 16.2. The average molecular weight is 786 g/mol. The highest BCUT2D eigenvalue weighted by molar-refractivity contribution is 5.77. The van der Waals surface area contributed by atoms with Crippen LogP contribution < -0.4 is 5.32 Å². The van der Waals surface area contributed by atoms with Gasteiger partial charge in [-0.15, -0.1) is 0 Å². The number of carbonyl (C=O) groups is 2. The number of nitrogens with one attached hydrogen (secondary N) is 1. The van der Waals surface area contributed by atoms with Crippen LogP contribution in [-0.4, -0.2) is 46.9 Å². The lowest BCUT2D eigenvalue weighted by molar-refractivity contribution is -0.150. The van der Waals surface area contributed by atoms with Crippen LogP contribution in [0.15, 0.2) is 48.6 Å². The van der Waals surface area contributed by atoms with Crippen LogP contribution in [0.25, 0.3) is 0 Å². The van der Waals surface area contributed by atoms with Crippen molar-refractivity contribution in [3.05, 3.63) is 48.6 Å². The molecule has 0 heterocycles. The van der Waals surface area contributed by atoms with E-state index in [-0.39, 0.29) is 24.9 Å². The summed E-state index contributed by atoms with van der Waals surface area (Å²) in [7, 11) is 0. The van der Waals surface area contributed by atoms with Gasteiger partial charge in [0.15, 0.2) is 0 Å². The van der Waals surface area contributed by atoms with Crippen molar-refractivity contribution in [2.75, 3.05) is 6.61 Å². The Morgan fingerprint density at radius 3 is 1.43 bits per heavy atom. The van der Waals surface area contributed by atoms with E-state index in [0.717, 1.165) is 57.8 Å². The molecule has 0 aromatic carbocycles. The first kappa shape index (κ1) is 53.8. The van der Waals surface area contributed by atoms with E-state index < -0.39 is 18.2 Å². The number of hydrogen-bond donors (Lipinski definition) is 3. The number of rotatable bonds is 42. The lowest BCUT2D eigenvalue weighted by Crippen LogP contribution is -2.46. The SMILES string of the molecule is CCCCC/C=C\C/C=C\C/C=C\C/C=C\CC(CC(=O)NC(CO)C(O)CCCCCCCCCCCC)OC(=O)CCCCCCCCCCCCCC. The van der Waals surface area contributed by atoms with Crippen LogP contribution in [0.5, 0.6) is 0 Å². The third-order valence-electron chi connectivity index (χ3n) is 10.7. The minimum atomic E-state index is -0.807. The number of allylic oxidation sites excluding steroid dienone is 7. The molecule has 0 radical (unpaired) electrons. The molecule has 3 unspecified atom stereocenters. The van der Waals surface area contributed by atoms with Crippen LogP contribution in [0.4, 0.5) is 0 Å². The molecule has 0 aliphatic heterocycles. The van der Waals surface area contributed by atoms with Gasteiger partial charge in [0, 0.05) is 12.8 Å². The van der Waals surface area contributed by atoms with Crippen LogP contribution in [0.3, 0.4) is 0 Å². The summed E-state index contributed by atoms with van der Waals surface area (Å²) in [6.07, 6.45) is 51.8. The van der Waals surface area contributed by atoms with Crippen molar-refractivity contribution in [1.29, 1.82) is 0 Å². The van der Waals surface area contributed by atoms with Crippen molar-refractivity contribution in [3.8, 4) is 0 Å². The highest BCUT2D eigenvalue weighted by Gasteiger charge is 2.23. The van der Waals surface area contributed by atoms with E-state index >= 15 is 0 Å². The number of aliphatic hydroxyl groups excluding tert-OH is 2. The summed E-state index contributed by atoms with van der Waals surface area (Å²) in [5.41, 5.74) is 0. The molecule has 326 valence electrons. The molecule has 0 aromatic rings. The quantitative estimate of drug-likeness (QED) is 0.0325. The molecule has 3 atom stereocenters. The molecule has 0 fully saturated rings. The monoisotopic (exact) mass is 786 g/mol. The number of carbonyl (C=O) groups excluding carboxylic acids is 2. The number of amides is 1. The average Bonchev–Trinajstić information content (AvgIpc) is 3.19. The summed E-state index contributed by atoms with van der Waals surface area (Å²) in [4.78, 5) is 26.0. The number of esters is 1. The highest BCUT2D eigenvalue weighted by atomic mass is 16.5. The van der Waals surface area contributed by atoms with Crippen molar-refractivity contribution >= 4 is 11.9 Å². The normalized spacial score (nSPS) is 13.7. The molecule has 56 heavy (non-hydrogen) atoms. The molecule has 3 N–H and O–H groups in total. The summed E-state index contributed by atoms with van der Waals surface area (Å²) in [5.74, 6) is -0.573. The number of hydrogen-bond acceptors (Lipinski definition) is 5. The number of unbranched alkanes of at least 4 members (excludes halogenated alkanes) is 23. The zero-order valence-corrected chi connectivity index (χ0v) is 37.0. The molecular formula is C50H91NO5. The summed E-state index contributed by atoms with van der Waals surface area (Å²) in [6.45, 7) is 6.40. The van der Waals surface area contributed by atoms with Gasteiger partial charge in [0.25, 0.3) is 0 Å². The Balaban J connectivity index is 4.75. The smallest absolute Gasteiger partial charge is 0.306 e. The fourth-order valence-electron chi connectivity index (χ4n) is 7.00. The first-order chi connectivity index (χ1) is 27.5. The maximum atomic E-state index is 13.1. The second-order valence-electron chi connectivity index (χ2n) is 16.2. The Labute approximate surface area is 346 Å². The molecule has 1 amide bonds. The zero-order valence-electron chi connectivity index (χ0n) is 37.0. The molecule has 0 saturated carbocycles. The third-order valence-corrected chi connectivity index (χ3v) is 10.7. The van der Waals surface area contributed by atoms with Crippen LogP contribution in [0.2, 0.25) is 0 Å². The van der Waals surface area contributed by atoms with E-state index in [1.54, 1.807) is 0 Å². The fraction of sp³-hybridized carbons (Fsp3) is 0.800. The lowest BCUT2D eigenvalue weighted by atomic mass is 10.0. The Morgan fingerprint density at radius 1 is 0.536 bits per heavy atom. The van der Waals surface area contributed by atoms with Gasteiger partial charge in [0.2, 0.25) is 5.91 Å². The van der Waals surface area contributed by atoms with Gasteiger partial charge in [0.05, 0.1) is 25.2 Å². The molecule has 0 spiro atoms. The minimum Gasteiger partial charge on any atom is -0.461 e. The number of ether oxygens (including phenoxy) is 1. The van der Waals surface area contributed by atoms with Gasteiger partial charge in [-0.2, -0.15) is 0 Å².